The van der Waals surface area contributed by atoms with Crippen molar-refractivity contribution in [3.05, 3.63) is 0 Å². The molecule has 8 heteroatoms. The van der Waals surface area contributed by atoms with Gasteiger partial charge >= 0.3 is 0 Å². The predicted molar refractivity (Wildman–Crippen MR) is 94.2 cm³/mol. The van der Waals surface area contributed by atoms with Crippen molar-refractivity contribution < 1.29 is 13.2 Å². The van der Waals surface area contributed by atoms with E-state index in [9.17, 15) is 8.42 Å². The third-order valence-corrected chi connectivity index (χ3v) is 5.85. The van der Waals surface area contributed by atoms with Gasteiger partial charge in [0, 0.05) is 52.8 Å². The maximum absolute atomic E-state index is 11.7. The molecule has 1 unspecified atom stereocenters. The Morgan fingerprint density at radius 1 is 1.35 bits per heavy atom. The zero-order valence-electron chi connectivity index (χ0n) is 14.9. The highest BCUT2D eigenvalue weighted by Gasteiger charge is 2.19. The number of sulfonamides is 1. The Morgan fingerprint density at radius 2 is 2.09 bits per heavy atom. The van der Waals surface area contributed by atoms with Crippen molar-refractivity contribution in [2.24, 2.45) is 10.9 Å². The highest BCUT2D eigenvalue weighted by Crippen LogP contribution is 2.13. The fourth-order valence-corrected chi connectivity index (χ4v) is 3.36. The van der Waals surface area contributed by atoms with Gasteiger partial charge in [-0.1, -0.05) is 0 Å². The third kappa shape index (κ3) is 7.05. The smallest absolute Gasteiger partial charge is 0.213 e. The summed E-state index contributed by atoms with van der Waals surface area (Å²) in [6, 6.07) is 0. The second-order valence-electron chi connectivity index (χ2n) is 5.92. The van der Waals surface area contributed by atoms with Gasteiger partial charge in [0.1, 0.15) is 0 Å². The minimum absolute atomic E-state index is 0.140. The van der Waals surface area contributed by atoms with Crippen LogP contribution in [0.3, 0.4) is 0 Å². The maximum atomic E-state index is 11.7. The van der Waals surface area contributed by atoms with E-state index in [-0.39, 0.29) is 5.75 Å². The molecule has 0 amide bonds. The second kappa shape index (κ2) is 10.1. The van der Waals surface area contributed by atoms with Crippen molar-refractivity contribution in [2.75, 3.05) is 59.2 Å². The monoisotopic (exact) mass is 348 g/mol. The van der Waals surface area contributed by atoms with Gasteiger partial charge in [-0.15, -0.1) is 0 Å². The molecule has 1 rings (SSSR count). The summed E-state index contributed by atoms with van der Waals surface area (Å²) in [5.41, 5.74) is 0. The first-order chi connectivity index (χ1) is 10.9. The van der Waals surface area contributed by atoms with Crippen LogP contribution in [-0.2, 0) is 14.8 Å². The predicted octanol–water partition coefficient (Wildman–Crippen LogP) is 0.592. The lowest BCUT2D eigenvalue weighted by molar-refractivity contribution is 0.181. The Labute approximate surface area is 141 Å². The molecule has 1 heterocycles. The van der Waals surface area contributed by atoms with E-state index in [4.69, 9.17) is 4.74 Å². The molecule has 0 bridgehead atoms. The number of nitrogens with one attached hydrogen (secondary N) is 1. The summed E-state index contributed by atoms with van der Waals surface area (Å²) in [5.74, 6) is 1.58. The average molecular weight is 349 g/mol. The van der Waals surface area contributed by atoms with Crippen molar-refractivity contribution in [3.8, 4) is 0 Å². The molecule has 23 heavy (non-hydrogen) atoms. The fourth-order valence-electron chi connectivity index (χ4n) is 2.51. The summed E-state index contributed by atoms with van der Waals surface area (Å²) in [6.45, 7) is 8.23. The van der Waals surface area contributed by atoms with Crippen molar-refractivity contribution in [1.29, 1.82) is 0 Å². The summed E-state index contributed by atoms with van der Waals surface area (Å²) in [5, 5.41) is 3.29. The second-order valence-corrected chi connectivity index (χ2v) is 8.29. The van der Waals surface area contributed by atoms with Gasteiger partial charge in [0.05, 0.1) is 12.4 Å². The molecule has 0 spiro atoms. The van der Waals surface area contributed by atoms with E-state index in [1.165, 1.54) is 4.31 Å². The van der Waals surface area contributed by atoms with Crippen LogP contribution in [0.1, 0.15) is 26.7 Å². The van der Waals surface area contributed by atoms with Gasteiger partial charge in [0.15, 0.2) is 5.96 Å². The highest BCUT2D eigenvalue weighted by molar-refractivity contribution is 7.89. The van der Waals surface area contributed by atoms with Gasteiger partial charge in [-0.2, -0.15) is 0 Å². The Hall–Kier alpha value is -0.860. The van der Waals surface area contributed by atoms with Crippen LogP contribution in [0.15, 0.2) is 4.99 Å². The molecule has 0 aromatic carbocycles. The van der Waals surface area contributed by atoms with E-state index < -0.39 is 10.0 Å². The summed E-state index contributed by atoms with van der Waals surface area (Å²) < 4.78 is 30.2. The number of hydrogen-bond acceptors (Lipinski definition) is 4. The van der Waals surface area contributed by atoms with Crippen LogP contribution in [0.2, 0.25) is 0 Å². The van der Waals surface area contributed by atoms with Gasteiger partial charge < -0.3 is 15.0 Å². The average Bonchev–Trinajstić information content (AvgIpc) is 3.02. The molecule has 0 saturated carbocycles. The molecule has 1 aliphatic heterocycles. The fraction of sp³-hybridized carbons (Fsp3) is 0.933. The van der Waals surface area contributed by atoms with E-state index in [0.717, 1.165) is 38.7 Å². The maximum Gasteiger partial charge on any atom is 0.213 e. The SMILES string of the molecule is CCNC(=NCCCN(C)S(=O)(=O)CC)N(C)CC1CCOC1. The Morgan fingerprint density at radius 3 is 2.65 bits per heavy atom. The van der Waals surface area contributed by atoms with Crippen molar-refractivity contribution in [1.82, 2.24) is 14.5 Å². The minimum atomic E-state index is -3.10. The lowest BCUT2D eigenvalue weighted by atomic mass is 10.1. The molecule has 0 aromatic rings. The summed E-state index contributed by atoms with van der Waals surface area (Å²) in [6.07, 6.45) is 1.81. The third-order valence-electron chi connectivity index (χ3n) is 3.98. The number of hydrogen-bond donors (Lipinski definition) is 1. The molecule has 1 N–H and O–H groups in total. The quantitative estimate of drug-likeness (QED) is 0.375. The first-order valence-corrected chi connectivity index (χ1v) is 10.0. The van der Waals surface area contributed by atoms with E-state index >= 15 is 0 Å². The molecule has 1 aliphatic rings. The topological polar surface area (TPSA) is 74.2 Å². The summed E-state index contributed by atoms with van der Waals surface area (Å²) in [4.78, 5) is 6.74. The molecule has 136 valence electrons. The molecule has 1 atom stereocenters. The van der Waals surface area contributed by atoms with E-state index in [0.29, 0.717) is 25.4 Å². The van der Waals surface area contributed by atoms with Crippen LogP contribution in [0.25, 0.3) is 0 Å². The molecule has 1 fully saturated rings. The number of guanidine groups is 1. The largest absolute Gasteiger partial charge is 0.381 e. The zero-order chi connectivity index (χ0) is 17.3. The van der Waals surface area contributed by atoms with Gasteiger partial charge in [-0.25, -0.2) is 12.7 Å². The first kappa shape index (κ1) is 20.2. The number of aliphatic imine (C=N–C) groups is 1. The minimum Gasteiger partial charge on any atom is -0.381 e. The van der Waals surface area contributed by atoms with Gasteiger partial charge in [0.25, 0.3) is 0 Å². The Bertz CT molecular complexity index is 461. The van der Waals surface area contributed by atoms with Crippen LogP contribution < -0.4 is 5.32 Å². The van der Waals surface area contributed by atoms with E-state index in [1.54, 1.807) is 14.0 Å². The number of nitrogens with zero attached hydrogens (tertiary/aromatic N) is 3. The summed E-state index contributed by atoms with van der Waals surface area (Å²) in [7, 11) is 0.564. The van der Waals surface area contributed by atoms with Crippen LogP contribution >= 0.6 is 0 Å². The lowest BCUT2D eigenvalue weighted by Gasteiger charge is -2.24. The van der Waals surface area contributed by atoms with Crippen LogP contribution in [0.5, 0.6) is 0 Å². The van der Waals surface area contributed by atoms with Gasteiger partial charge in [-0.05, 0) is 26.7 Å². The Kier molecular flexibility index (Phi) is 8.86. The van der Waals surface area contributed by atoms with Crippen molar-refractivity contribution in [2.45, 2.75) is 26.7 Å². The Balaban J connectivity index is 2.44. The molecule has 0 aliphatic carbocycles. The lowest BCUT2D eigenvalue weighted by Crippen LogP contribution is -2.41. The molecule has 1 saturated heterocycles. The van der Waals surface area contributed by atoms with Crippen LogP contribution in [0.4, 0.5) is 0 Å². The molecular formula is C15H32N4O3S. The number of ether oxygens (including phenoxy) is 1. The molecule has 0 aromatic heterocycles. The van der Waals surface area contributed by atoms with Crippen molar-refractivity contribution in [3.63, 3.8) is 0 Å². The van der Waals surface area contributed by atoms with Crippen LogP contribution in [-0.4, -0.2) is 82.8 Å². The van der Waals surface area contributed by atoms with E-state index in [1.807, 2.05) is 14.0 Å². The molecule has 0 radical (unpaired) electrons. The molecular weight excluding hydrogens is 316 g/mol. The summed E-state index contributed by atoms with van der Waals surface area (Å²) >= 11 is 0. The van der Waals surface area contributed by atoms with E-state index in [2.05, 4.69) is 15.2 Å². The highest BCUT2D eigenvalue weighted by atomic mass is 32.2. The van der Waals surface area contributed by atoms with Crippen LogP contribution in [0, 0.1) is 5.92 Å². The first-order valence-electron chi connectivity index (χ1n) is 8.41. The standard InChI is InChI=1S/C15H32N4O3S/c1-5-16-15(18(3)12-14-8-11-22-13-14)17-9-7-10-19(4)23(20,21)6-2/h14H,5-13H2,1-4H3,(H,16,17). The normalized spacial score (nSPS) is 19.3. The number of rotatable bonds is 9. The molecule has 7 nitrogen and oxygen atoms in total. The van der Waals surface area contributed by atoms with Gasteiger partial charge in [0.2, 0.25) is 10.0 Å². The zero-order valence-corrected chi connectivity index (χ0v) is 15.7. The van der Waals surface area contributed by atoms with Gasteiger partial charge in [-0.3, -0.25) is 4.99 Å². The van der Waals surface area contributed by atoms with Crippen molar-refractivity contribution >= 4 is 16.0 Å².